The van der Waals surface area contributed by atoms with Crippen molar-refractivity contribution in [1.29, 1.82) is 0 Å². The van der Waals surface area contributed by atoms with Crippen LogP contribution < -0.4 is 10.9 Å². The lowest BCUT2D eigenvalue weighted by atomic mass is 10.3. The summed E-state index contributed by atoms with van der Waals surface area (Å²) in [6.45, 7) is 0.175. The monoisotopic (exact) mass is 220 g/mol. The highest BCUT2D eigenvalue weighted by atomic mass is 16.5. The average Bonchev–Trinajstić information content (AvgIpc) is 2.80. The first kappa shape index (κ1) is 10.1. The Morgan fingerprint density at radius 1 is 1.50 bits per heavy atom. The number of carbonyl (C=O) groups is 1. The first-order valence-electron chi connectivity index (χ1n) is 4.48. The highest BCUT2D eigenvalue weighted by Gasteiger charge is 2.06. The summed E-state index contributed by atoms with van der Waals surface area (Å²) in [6.07, 6.45) is 2.52. The van der Waals surface area contributed by atoms with E-state index in [2.05, 4.69) is 25.0 Å². The Hall–Kier alpha value is -2.44. The number of rotatable bonds is 3. The normalized spacial score (nSPS) is 10.0. The van der Waals surface area contributed by atoms with E-state index in [0.717, 1.165) is 0 Å². The number of nitrogens with one attached hydrogen (secondary N) is 2. The summed E-state index contributed by atoms with van der Waals surface area (Å²) in [5.41, 5.74) is 0.109. The van der Waals surface area contributed by atoms with E-state index in [0.29, 0.717) is 11.4 Å². The van der Waals surface area contributed by atoms with Gasteiger partial charge in [0.15, 0.2) is 5.82 Å². The molecule has 2 N–H and O–H groups in total. The van der Waals surface area contributed by atoms with Crippen LogP contribution in [0.25, 0.3) is 0 Å². The molecule has 2 aromatic heterocycles. The van der Waals surface area contributed by atoms with E-state index in [1.54, 1.807) is 0 Å². The minimum absolute atomic E-state index is 0.175. The second-order valence-electron chi connectivity index (χ2n) is 2.97. The summed E-state index contributed by atoms with van der Waals surface area (Å²) in [5, 5.41) is 6.11. The molecule has 0 bridgehead atoms. The van der Waals surface area contributed by atoms with Crippen molar-refractivity contribution < 1.29 is 9.32 Å². The molecule has 0 aliphatic rings. The number of aromatic nitrogens is 3. The molecular weight excluding hydrogens is 212 g/mol. The lowest BCUT2D eigenvalue weighted by Gasteiger charge is -2.01. The molecule has 2 aromatic rings. The van der Waals surface area contributed by atoms with Crippen LogP contribution in [0.1, 0.15) is 16.2 Å². The summed E-state index contributed by atoms with van der Waals surface area (Å²) in [4.78, 5) is 28.5. The second kappa shape index (κ2) is 4.39. The number of nitrogens with zero attached hydrogens (tertiary/aromatic N) is 2. The van der Waals surface area contributed by atoms with E-state index in [9.17, 15) is 9.59 Å². The molecule has 0 saturated heterocycles. The fourth-order valence-corrected chi connectivity index (χ4v) is 1.08. The third-order valence-corrected chi connectivity index (χ3v) is 1.86. The smallest absolute Gasteiger partial charge is 0.253 e. The van der Waals surface area contributed by atoms with Crippen LogP contribution in [-0.4, -0.2) is 21.0 Å². The molecule has 0 aliphatic heterocycles. The van der Waals surface area contributed by atoms with Crippen LogP contribution in [0.15, 0.2) is 34.0 Å². The van der Waals surface area contributed by atoms with E-state index < -0.39 is 0 Å². The molecule has 0 radical (unpaired) electrons. The Labute approximate surface area is 89.5 Å². The summed E-state index contributed by atoms with van der Waals surface area (Å²) in [7, 11) is 0. The molecule has 82 valence electrons. The third kappa shape index (κ3) is 2.32. The standard InChI is InChI=1S/C9H8N4O3/c14-8-2-1-6(3-10-8)9(15)11-4-7-12-5-16-13-7/h1-3,5H,4H2,(H,10,14)(H,11,15). The highest BCUT2D eigenvalue weighted by molar-refractivity contribution is 5.93. The summed E-state index contributed by atoms with van der Waals surface area (Å²) in [6, 6.07) is 2.72. The van der Waals surface area contributed by atoms with Gasteiger partial charge in [0.25, 0.3) is 5.91 Å². The quantitative estimate of drug-likeness (QED) is 0.738. The van der Waals surface area contributed by atoms with Gasteiger partial charge < -0.3 is 14.8 Å². The van der Waals surface area contributed by atoms with Crippen LogP contribution in [0.4, 0.5) is 0 Å². The van der Waals surface area contributed by atoms with Gasteiger partial charge in [-0.25, -0.2) is 0 Å². The first-order chi connectivity index (χ1) is 7.75. The molecule has 2 heterocycles. The van der Waals surface area contributed by atoms with Gasteiger partial charge in [0.2, 0.25) is 12.0 Å². The van der Waals surface area contributed by atoms with Gasteiger partial charge in [0, 0.05) is 12.3 Å². The van der Waals surface area contributed by atoms with Crippen LogP contribution in [-0.2, 0) is 6.54 Å². The van der Waals surface area contributed by atoms with Gasteiger partial charge in [0.1, 0.15) is 0 Å². The maximum absolute atomic E-state index is 11.5. The van der Waals surface area contributed by atoms with Crippen LogP contribution in [0.3, 0.4) is 0 Å². The van der Waals surface area contributed by atoms with Crippen molar-refractivity contribution in [1.82, 2.24) is 20.4 Å². The van der Waals surface area contributed by atoms with E-state index >= 15 is 0 Å². The SMILES string of the molecule is O=C(NCc1ncon1)c1ccc(=O)[nH]c1. The summed E-state index contributed by atoms with van der Waals surface area (Å²) >= 11 is 0. The highest BCUT2D eigenvalue weighted by Crippen LogP contribution is 1.94. The maximum Gasteiger partial charge on any atom is 0.253 e. The van der Waals surface area contributed by atoms with Gasteiger partial charge in [-0.2, -0.15) is 4.98 Å². The Morgan fingerprint density at radius 2 is 2.38 bits per heavy atom. The lowest BCUT2D eigenvalue weighted by molar-refractivity contribution is 0.0949. The molecule has 0 fully saturated rings. The van der Waals surface area contributed by atoms with E-state index in [-0.39, 0.29) is 18.0 Å². The fraction of sp³-hybridized carbons (Fsp3) is 0.111. The third-order valence-electron chi connectivity index (χ3n) is 1.86. The number of carbonyl (C=O) groups excluding carboxylic acids is 1. The van der Waals surface area contributed by atoms with Crippen molar-refractivity contribution in [2.75, 3.05) is 0 Å². The number of H-pyrrole nitrogens is 1. The number of aromatic amines is 1. The van der Waals surface area contributed by atoms with E-state index in [1.807, 2.05) is 0 Å². The largest absolute Gasteiger partial charge is 0.345 e. The Kier molecular flexibility index (Phi) is 2.77. The van der Waals surface area contributed by atoms with Crippen LogP contribution in [0.2, 0.25) is 0 Å². The molecule has 0 saturated carbocycles. The molecule has 0 aromatic carbocycles. The van der Waals surface area contributed by atoms with Gasteiger partial charge in [-0.1, -0.05) is 5.16 Å². The van der Waals surface area contributed by atoms with Crippen molar-refractivity contribution in [3.63, 3.8) is 0 Å². The number of amides is 1. The number of hydrogen-bond donors (Lipinski definition) is 2. The summed E-state index contributed by atoms with van der Waals surface area (Å²) in [5.74, 6) is 0.0684. The van der Waals surface area contributed by atoms with Crippen molar-refractivity contribution in [2.45, 2.75) is 6.54 Å². The molecule has 2 rings (SSSR count). The van der Waals surface area contributed by atoms with Gasteiger partial charge in [-0.3, -0.25) is 9.59 Å². The molecule has 7 heteroatoms. The Balaban J connectivity index is 1.98. The molecule has 0 spiro atoms. The molecule has 1 amide bonds. The molecule has 16 heavy (non-hydrogen) atoms. The molecule has 0 unspecified atom stereocenters. The zero-order valence-electron chi connectivity index (χ0n) is 8.14. The number of hydrogen-bond acceptors (Lipinski definition) is 5. The summed E-state index contributed by atoms with van der Waals surface area (Å²) < 4.78 is 4.51. The van der Waals surface area contributed by atoms with Crippen LogP contribution >= 0.6 is 0 Å². The minimum Gasteiger partial charge on any atom is -0.345 e. The zero-order chi connectivity index (χ0) is 11.4. The zero-order valence-corrected chi connectivity index (χ0v) is 8.14. The first-order valence-corrected chi connectivity index (χ1v) is 4.48. The van der Waals surface area contributed by atoms with Gasteiger partial charge >= 0.3 is 0 Å². The van der Waals surface area contributed by atoms with Crippen molar-refractivity contribution in [3.05, 3.63) is 46.5 Å². The van der Waals surface area contributed by atoms with Crippen LogP contribution in [0.5, 0.6) is 0 Å². The van der Waals surface area contributed by atoms with E-state index in [4.69, 9.17) is 0 Å². The molecule has 0 atom stereocenters. The van der Waals surface area contributed by atoms with Gasteiger partial charge in [0.05, 0.1) is 12.1 Å². The van der Waals surface area contributed by atoms with Crippen molar-refractivity contribution >= 4 is 5.91 Å². The maximum atomic E-state index is 11.5. The van der Waals surface area contributed by atoms with Crippen molar-refractivity contribution in [3.8, 4) is 0 Å². The predicted octanol–water partition coefficient (Wildman–Crippen LogP) is -0.312. The fourth-order valence-electron chi connectivity index (χ4n) is 1.08. The topological polar surface area (TPSA) is 101 Å². The van der Waals surface area contributed by atoms with Crippen molar-refractivity contribution in [2.24, 2.45) is 0 Å². The Bertz CT molecular complexity index is 511. The van der Waals surface area contributed by atoms with Gasteiger partial charge in [-0.05, 0) is 6.07 Å². The average molecular weight is 220 g/mol. The molecule has 7 nitrogen and oxygen atoms in total. The lowest BCUT2D eigenvalue weighted by Crippen LogP contribution is -2.24. The van der Waals surface area contributed by atoms with E-state index in [1.165, 1.54) is 24.7 Å². The number of pyridine rings is 1. The molecular formula is C9H8N4O3. The predicted molar refractivity (Wildman–Crippen MR) is 52.5 cm³/mol. The van der Waals surface area contributed by atoms with Crippen LogP contribution in [0, 0.1) is 0 Å². The molecule has 0 aliphatic carbocycles. The Morgan fingerprint density at radius 3 is 3.00 bits per heavy atom. The second-order valence-corrected chi connectivity index (χ2v) is 2.97. The van der Waals surface area contributed by atoms with Gasteiger partial charge in [-0.15, -0.1) is 0 Å². The minimum atomic E-state index is -0.318.